The number of rotatable bonds is 10. The van der Waals surface area contributed by atoms with Gasteiger partial charge in [-0.2, -0.15) is 0 Å². The van der Waals surface area contributed by atoms with Gasteiger partial charge < -0.3 is 24.8 Å². The molecular formula is C20H35IN4O3. The number of hydrogen-bond donors (Lipinski definition) is 2. The minimum absolute atomic E-state index is 0. The molecule has 2 N–H and O–H groups in total. The number of nitrogens with one attached hydrogen (secondary N) is 2. The number of aliphatic imine (C=N–C) groups is 1. The van der Waals surface area contributed by atoms with Crippen LogP contribution in [0.4, 0.5) is 0 Å². The third kappa shape index (κ3) is 9.40. The topological polar surface area (TPSA) is 67.4 Å². The zero-order chi connectivity index (χ0) is 19.3. The molecule has 1 saturated heterocycles. The molecule has 1 aliphatic heterocycles. The standard InChI is InChI=1S/C20H34N4O3.HI/c1-4-21-20(22-15-17(2)24-9-11-26-12-10-24)23-16-18-5-7-19(8-6-18)27-14-13-25-3;/h5-8,17H,4,9-16H2,1-3H3,(H2,21,22,23);1H. The Bertz CT molecular complexity index is 551. The second kappa shape index (κ2) is 14.8. The van der Waals surface area contributed by atoms with Crippen LogP contribution in [-0.4, -0.2) is 76.6 Å². The predicted molar refractivity (Wildman–Crippen MR) is 124 cm³/mol. The third-order valence-corrected chi connectivity index (χ3v) is 4.48. The van der Waals surface area contributed by atoms with Gasteiger partial charge in [0, 0.05) is 39.3 Å². The normalized spacial score (nSPS) is 16.2. The molecule has 7 nitrogen and oxygen atoms in total. The van der Waals surface area contributed by atoms with Gasteiger partial charge in [-0.25, -0.2) is 4.99 Å². The van der Waals surface area contributed by atoms with Crippen molar-refractivity contribution in [3.8, 4) is 5.75 Å². The molecule has 1 aromatic carbocycles. The quantitative estimate of drug-likeness (QED) is 0.219. The van der Waals surface area contributed by atoms with Crippen LogP contribution >= 0.6 is 24.0 Å². The molecule has 0 amide bonds. The highest BCUT2D eigenvalue weighted by Gasteiger charge is 2.16. The number of ether oxygens (including phenoxy) is 3. The maximum absolute atomic E-state index is 5.59. The van der Waals surface area contributed by atoms with Crippen molar-refractivity contribution >= 4 is 29.9 Å². The van der Waals surface area contributed by atoms with E-state index >= 15 is 0 Å². The zero-order valence-corrected chi connectivity index (χ0v) is 19.6. The molecule has 2 rings (SSSR count). The van der Waals surface area contributed by atoms with Gasteiger partial charge in [-0.05, 0) is 31.5 Å². The Morgan fingerprint density at radius 1 is 1.18 bits per heavy atom. The Morgan fingerprint density at radius 2 is 1.89 bits per heavy atom. The third-order valence-electron chi connectivity index (χ3n) is 4.48. The number of hydrogen-bond acceptors (Lipinski definition) is 5. The Hall–Kier alpha value is -1.10. The first-order valence-corrected chi connectivity index (χ1v) is 9.77. The Morgan fingerprint density at radius 3 is 2.54 bits per heavy atom. The van der Waals surface area contributed by atoms with Gasteiger partial charge in [-0.15, -0.1) is 24.0 Å². The van der Waals surface area contributed by atoms with E-state index in [1.165, 1.54) is 0 Å². The second-order valence-electron chi connectivity index (χ2n) is 6.56. The van der Waals surface area contributed by atoms with E-state index in [9.17, 15) is 0 Å². The average Bonchev–Trinajstić information content (AvgIpc) is 2.71. The average molecular weight is 506 g/mol. The van der Waals surface area contributed by atoms with E-state index < -0.39 is 0 Å². The van der Waals surface area contributed by atoms with Gasteiger partial charge in [0.15, 0.2) is 5.96 Å². The summed E-state index contributed by atoms with van der Waals surface area (Å²) in [6.45, 7) is 11.4. The number of halogens is 1. The molecule has 1 fully saturated rings. The van der Waals surface area contributed by atoms with Gasteiger partial charge in [-0.3, -0.25) is 4.90 Å². The fourth-order valence-corrected chi connectivity index (χ4v) is 2.84. The molecule has 1 aromatic rings. The van der Waals surface area contributed by atoms with Crippen molar-refractivity contribution in [2.24, 2.45) is 4.99 Å². The van der Waals surface area contributed by atoms with Crippen LogP contribution in [0.1, 0.15) is 19.4 Å². The predicted octanol–water partition coefficient (Wildman–Crippen LogP) is 2.11. The first-order chi connectivity index (χ1) is 13.2. The fraction of sp³-hybridized carbons (Fsp3) is 0.650. The Kier molecular flexibility index (Phi) is 13.2. The minimum Gasteiger partial charge on any atom is -0.491 e. The molecule has 28 heavy (non-hydrogen) atoms. The lowest BCUT2D eigenvalue weighted by Gasteiger charge is -2.32. The SMILES string of the molecule is CCNC(=NCc1ccc(OCCOC)cc1)NCC(C)N1CCOCC1.I. The number of methoxy groups -OCH3 is 1. The molecule has 160 valence electrons. The molecule has 1 heterocycles. The maximum atomic E-state index is 5.59. The minimum atomic E-state index is 0. The molecule has 0 saturated carbocycles. The Labute approximate surface area is 186 Å². The fourth-order valence-electron chi connectivity index (χ4n) is 2.84. The van der Waals surface area contributed by atoms with Gasteiger partial charge in [0.05, 0.1) is 26.4 Å². The van der Waals surface area contributed by atoms with Crippen molar-refractivity contribution in [2.75, 3.05) is 59.7 Å². The summed E-state index contributed by atoms with van der Waals surface area (Å²) in [5.74, 6) is 1.70. The van der Waals surface area contributed by atoms with Crippen LogP contribution in [0, 0.1) is 0 Å². The van der Waals surface area contributed by atoms with Crippen LogP contribution in [0.15, 0.2) is 29.3 Å². The van der Waals surface area contributed by atoms with Crippen molar-refractivity contribution in [1.82, 2.24) is 15.5 Å². The van der Waals surface area contributed by atoms with E-state index in [1.807, 2.05) is 24.3 Å². The first kappa shape index (κ1) is 24.9. The van der Waals surface area contributed by atoms with Gasteiger partial charge in [0.2, 0.25) is 0 Å². The molecule has 0 spiro atoms. The van der Waals surface area contributed by atoms with E-state index in [2.05, 4.69) is 29.4 Å². The van der Waals surface area contributed by atoms with Gasteiger partial charge >= 0.3 is 0 Å². The van der Waals surface area contributed by atoms with Crippen molar-refractivity contribution in [1.29, 1.82) is 0 Å². The highest BCUT2D eigenvalue weighted by atomic mass is 127. The van der Waals surface area contributed by atoms with E-state index in [0.717, 1.165) is 56.7 Å². The summed E-state index contributed by atoms with van der Waals surface area (Å²) < 4.78 is 16.0. The molecule has 0 aromatic heterocycles. The lowest BCUT2D eigenvalue weighted by Crippen LogP contribution is -2.49. The van der Waals surface area contributed by atoms with Crippen LogP contribution in [0.25, 0.3) is 0 Å². The summed E-state index contributed by atoms with van der Waals surface area (Å²) >= 11 is 0. The van der Waals surface area contributed by atoms with Crippen LogP contribution in [0.2, 0.25) is 0 Å². The largest absolute Gasteiger partial charge is 0.491 e. The summed E-state index contributed by atoms with van der Waals surface area (Å²) in [5, 5.41) is 6.77. The summed E-state index contributed by atoms with van der Waals surface area (Å²) in [4.78, 5) is 7.14. The summed E-state index contributed by atoms with van der Waals surface area (Å²) in [7, 11) is 1.67. The maximum Gasteiger partial charge on any atom is 0.191 e. The van der Waals surface area contributed by atoms with Gasteiger partial charge in [0.25, 0.3) is 0 Å². The number of guanidine groups is 1. The lowest BCUT2D eigenvalue weighted by molar-refractivity contribution is 0.0211. The zero-order valence-electron chi connectivity index (χ0n) is 17.3. The second-order valence-corrected chi connectivity index (χ2v) is 6.56. The summed E-state index contributed by atoms with van der Waals surface area (Å²) in [6, 6.07) is 8.49. The van der Waals surface area contributed by atoms with Crippen LogP contribution < -0.4 is 15.4 Å². The number of nitrogens with zero attached hydrogens (tertiary/aromatic N) is 2. The molecule has 1 unspecified atom stereocenters. The monoisotopic (exact) mass is 506 g/mol. The van der Waals surface area contributed by atoms with E-state index in [-0.39, 0.29) is 24.0 Å². The molecule has 0 bridgehead atoms. The molecule has 8 heteroatoms. The van der Waals surface area contributed by atoms with Crippen LogP contribution in [0.3, 0.4) is 0 Å². The van der Waals surface area contributed by atoms with Crippen LogP contribution in [-0.2, 0) is 16.0 Å². The molecule has 1 atom stereocenters. The number of benzene rings is 1. The van der Waals surface area contributed by atoms with Crippen molar-refractivity contribution < 1.29 is 14.2 Å². The first-order valence-electron chi connectivity index (χ1n) is 9.77. The van der Waals surface area contributed by atoms with Crippen molar-refractivity contribution in [3.63, 3.8) is 0 Å². The molecule has 1 aliphatic rings. The lowest BCUT2D eigenvalue weighted by atomic mass is 10.2. The molecule has 0 aliphatic carbocycles. The highest BCUT2D eigenvalue weighted by Crippen LogP contribution is 2.12. The molecular weight excluding hydrogens is 471 g/mol. The van der Waals surface area contributed by atoms with E-state index in [0.29, 0.717) is 25.8 Å². The van der Waals surface area contributed by atoms with E-state index in [4.69, 9.17) is 19.2 Å². The summed E-state index contributed by atoms with van der Waals surface area (Å²) in [6.07, 6.45) is 0. The van der Waals surface area contributed by atoms with Gasteiger partial charge in [0.1, 0.15) is 12.4 Å². The van der Waals surface area contributed by atoms with Crippen LogP contribution in [0.5, 0.6) is 5.75 Å². The van der Waals surface area contributed by atoms with Crippen molar-refractivity contribution in [2.45, 2.75) is 26.4 Å². The molecule has 0 radical (unpaired) electrons. The summed E-state index contributed by atoms with van der Waals surface area (Å²) in [5.41, 5.74) is 1.15. The van der Waals surface area contributed by atoms with E-state index in [1.54, 1.807) is 7.11 Å². The highest BCUT2D eigenvalue weighted by molar-refractivity contribution is 14.0. The smallest absolute Gasteiger partial charge is 0.191 e. The Balaban J connectivity index is 0.00000392. The number of morpholine rings is 1. The van der Waals surface area contributed by atoms with Gasteiger partial charge in [-0.1, -0.05) is 12.1 Å². The van der Waals surface area contributed by atoms with Crippen molar-refractivity contribution in [3.05, 3.63) is 29.8 Å².